The fourth-order valence-electron chi connectivity index (χ4n) is 2.06. The summed E-state index contributed by atoms with van der Waals surface area (Å²) in [5.74, 6) is 1.20. The highest BCUT2D eigenvalue weighted by atomic mass is 35.5. The molecule has 18 heavy (non-hydrogen) atoms. The Morgan fingerprint density at radius 3 is 2.94 bits per heavy atom. The third kappa shape index (κ3) is 3.71. The summed E-state index contributed by atoms with van der Waals surface area (Å²) in [6.07, 6.45) is 7.00. The van der Waals surface area contributed by atoms with E-state index in [4.69, 9.17) is 16.3 Å². The van der Waals surface area contributed by atoms with E-state index < -0.39 is 0 Å². The topological polar surface area (TPSA) is 59.1 Å². The van der Waals surface area contributed by atoms with E-state index >= 15 is 0 Å². The van der Waals surface area contributed by atoms with Crippen molar-refractivity contribution in [2.24, 2.45) is 0 Å². The van der Waals surface area contributed by atoms with Gasteiger partial charge in [0.05, 0.1) is 18.9 Å². The molecule has 0 amide bonds. The van der Waals surface area contributed by atoms with E-state index in [9.17, 15) is 0 Å². The molecule has 6 heteroatoms. The van der Waals surface area contributed by atoms with Crippen molar-refractivity contribution in [3.8, 4) is 0 Å². The van der Waals surface area contributed by atoms with Crippen molar-refractivity contribution in [2.45, 2.75) is 31.8 Å². The average molecular weight is 271 g/mol. The average Bonchev–Trinajstić information content (AvgIpc) is 2.89. The van der Waals surface area contributed by atoms with Crippen LogP contribution >= 0.6 is 11.6 Å². The van der Waals surface area contributed by atoms with Crippen LogP contribution in [0.5, 0.6) is 0 Å². The van der Waals surface area contributed by atoms with Crippen molar-refractivity contribution >= 4 is 23.4 Å². The second-order valence-electron chi connectivity index (χ2n) is 4.34. The number of nitrogens with zero attached hydrogens (tertiary/aromatic N) is 2. The van der Waals surface area contributed by atoms with E-state index in [2.05, 4.69) is 20.6 Å². The molecule has 0 radical (unpaired) electrons. The lowest BCUT2D eigenvalue weighted by molar-refractivity contribution is 0.0659. The van der Waals surface area contributed by atoms with Gasteiger partial charge in [-0.25, -0.2) is 4.98 Å². The van der Waals surface area contributed by atoms with E-state index in [1.54, 1.807) is 13.2 Å². The van der Waals surface area contributed by atoms with Crippen LogP contribution in [0.3, 0.4) is 0 Å². The summed E-state index contributed by atoms with van der Waals surface area (Å²) in [6, 6.07) is 0. The van der Waals surface area contributed by atoms with Crippen LogP contribution in [0, 0.1) is 0 Å². The molecule has 2 rings (SSSR count). The Morgan fingerprint density at radius 1 is 1.44 bits per heavy atom. The van der Waals surface area contributed by atoms with Crippen LogP contribution in [-0.2, 0) is 4.74 Å². The van der Waals surface area contributed by atoms with Crippen molar-refractivity contribution < 1.29 is 4.74 Å². The molecule has 0 saturated heterocycles. The third-order valence-corrected chi connectivity index (χ3v) is 3.29. The molecule has 5 nitrogen and oxygen atoms in total. The Hall–Kier alpha value is -1.07. The highest BCUT2D eigenvalue weighted by molar-refractivity contribution is 6.32. The Bertz CT molecular complexity index is 382. The zero-order chi connectivity index (χ0) is 12.8. The highest BCUT2D eigenvalue weighted by Crippen LogP contribution is 2.21. The molecule has 0 bridgehead atoms. The molecule has 1 saturated carbocycles. The molecule has 1 aliphatic carbocycles. The van der Waals surface area contributed by atoms with E-state index in [0.717, 1.165) is 0 Å². The minimum Gasteiger partial charge on any atom is -0.376 e. The molecule has 0 aliphatic heterocycles. The lowest BCUT2D eigenvalue weighted by atomic mass is 10.3. The Balaban J connectivity index is 1.75. The zero-order valence-electron chi connectivity index (χ0n) is 10.6. The van der Waals surface area contributed by atoms with Crippen LogP contribution < -0.4 is 10.6 Å². The molecule has 0 spiro atoms. The van der Waals surface area contributed by atoms with Crippen molar-refractivity contribution in [1.82, 2.24) is 9.97 Å². The van der Waals surface area contributed by atoms with Gasteiger partial charge in [-0.2, -0.15) is 4.98 Å². The number of hydrogen-bond donors (Lipinski definition) is 2. The molecule has 1 fully saturated rings. The van der Waals surface area contributed by atoms with Crippen LogP contribution in [0.2, 0.25) is 5.02 Å². The number of hydrogen-bond acceptors (Lipinski definition) is 5. The maximum Gasteiger partial charge on any atom is 0.224 e. The van der Waals surface area contributed by atoms with Crippen molar-refractivity contribution in [3.63, 3.8) is 0 Å². The molecular formula is C12H19ClN4O. The Kier molecular flexibility index (Phi) is 5.01. The van der Waals surface area contributed by atoms with Gasteiger partial charge < -0.3 is 15.4 Å². The first-order valence-electron chi connectivity index (χ1n) is 6.35. The second kappa shape index (κ2) is 6.75. The quantitative estimate of drug-likeness (QED) is 0.778. The van der Waals surface area contributed by atoms with Gasteiger partial charge in [0, 0.05) is 13.6 Å². The minimum absolute atomic E-state index is 0.445. The molecule has 1 heterocycles. The van der Waals surface area contributed by atoms with Gasteiger partial charge in [0.1, 0.15) is 5.02 Å². The van der Waals surface area contributed by atoms with Crippen LogP contribution in [0.15, 0.2) is 6.20 Å². The van der Waals surface area contributed by atoms with Gasteiger partial charge in [-0.05, 0) is 12.8 Å². The number of halogens is 1. The first kappa shape index (κ1) is 13.4. The maximum atomic E-state index is 6.00. The molecule has 2 N–H and O–H groups in total. The number of ether oxygens (including phenoxy) is 1. The van der Waals surface area contributed by atoms with Gasteiger partial charge >= 0.3 is 0 Å². The summed E-state index contributed by atoms with van der Waals surface area (Å²) in [4.78, 5) is 8.26. The van der Waals surface area contributed by atoms with Gasteiger partial charge in [0.2, 0.25) is 5.95 Å². The summed E-state index contributed by atoms with van der Waals surface area (Å²) in [7, 11) is 1.77. The predicted octanol–water partition coefficient (Wildman–Crippen LogP) is 2.54. The van der Waals surface area contributed by atoms with Gasteiger partial charge in [-0.15, -0.1) is 0 Å². The highest BCUT2D eigenvalue weighted by Gasteiger charge is 2.14. The predicted molar refractivity (Wildman–Crippen MR) is 73.3 cm³/mol. The number of aromatic nitrogens is 2. The molecule has 100 valence electrons. The van der Waals surface area contributed by atoms with Crippen LogP contribution in [0.4, 0.5) is 11.8 Å². The van der Waals surface area contributed by atoms with E-state index in [-0.39, 0.29) is 0 Å². The smallest absolute Gasteiger partial charge is 0.224 e. The molecule has 0 atom stereocenters. The minimum atomic E-state index is 0.445. The Labute approximate surface area is 112 Å². The number of nitrogens with one attached hydrogen (secondary N) is 2. The first-order chi connectivity index (χ1) is 8.79. The van der Waals surface area contributed by atoms with Crippen molar-refractivity contribution in [2.75, 3.05) is 30.8 Å². The molecule has 1 aliphatic rings. The lowest BCUT2D eigenvalue weighted by Crippen LogP contribution is -2.16. The Morgan fingerprint density at radius 2 is 2.22 bits per heavy atom. The number of anilines is 2. The normalized spacial score (nSPS) is 15.9. The van der Waals surface area contributed by atoms with E-state index in [1.165, 1.54) is 25.7 Å². The summed E-state index contributed by atoms with van der Waals surface area (Å²) in [5.41, 5.74) is 0. The zero-order valence-corrected chi connectivity index (χ0v) is 11.3. The molecule has 1 aromatic rings. The SMILES string of the molecule is CNc1ncc(Cl)c(NCCOC2CCCC2)n1. The van der Waals surface area contributed by atoms with Crippen molar-refractivity contribution in [1.29, 1.82) is 0 Å². The summed E-state index contributed by atoms with van der Waals surface area (Å²) < 4.78 is 5.76. The second-order valence-corrected chi connectivity index (χ2v) is 4.75. The van der Waals surface area contributed by atoms with Gasteiger partial charge in [-0.3, -0.25) is 0 Å². The molecule has 0 aromatic carbocycles. The van der Waals surface area contributed by atoms with Gasteiger partial charge in [0.15, 0.2) is 5.82 Å². The molecular weight excluding hydrogens is 252 g/mol. The lowest BCUT2D eigenvalue weighted by Gasteiger charge is -2.12. The monoisotopic (exact) mass is 270 g/mol. The van der Waals surface area contributed by atoms with Crippen LogP contribution in [-0.4, -0.2) is 36.3 Å². The standard InChI is InChI=1S/C12H19ClN4O/c1-14-12-16-8-10(13)11(17-12)15-6-7-18-9-4-2-3-5-9/h8-9H,2-7H2,1H3,(H2,14,15,16,17). The van der Waals surface area contributed by atoms with Gasteiger partial charge in [0.25, 0.3) is 0 Å². The largest absolute Gasteiger partial charge is 0.376 e. The van der Waals surface area contributed by atoms with Gasteiger partial charge in [-0.1, -0.05) is 24.4 Å². The summed E-state index contributed by atoms with van der Waals surface area (Å²) in [6.45, 7) is 1.39. The van der Waals surface area contributed by atoms with E-state index in [0.29, 0.717) is 36.0 Å². The van der Waals surface area contributed by atoms with Crippen molar-refractivity contribution in [3.05, 3.63) is 11.2 Å². The third-order valence-electron chi connectivity index (χ3n) is 3.02. The number of rotatable bonds is 6. The first-order valence-corrected chi connectivity index (χ1v) is 6.73. The van der Waals surface area contributed by atoms with Crippen LogP contribution in [0.1, 0.15) is 25.7 Å². The molecule has 0 unspecified atom stereocenters. The van der Waals surface area contributed by atoms with Crippen LogP contribution in [0.25, 0.3) is 0 Å². The summed E-state index contributed by atoms with van der Waals surface area (Å²) in [5, 5.41) is 6.56. The summed E-state index contributed by atoms with van der Waals surface area (Å²) >= 11 is 6.00. The fraction of sp³-hybridized carbons (Fsp3) is 0.667. The molecule has 1 aromatic heterocycles. The fourth-order valence-corrected chi connectivity index (χ4v) is 2.22. The van der Waals surface area contributed by atoms with E-state index in [1.807, 2.05) is 0 Å². The maximum absolute atomic E-state index is 6.00.